The molecule has 2 aliphatic heterocycles. The van der Waals surface area contributed by atoms with Crippen molar-refractivity contribution in [2.24, 2.45) is 0 Å². The van der Waals surface area contributed by atoms with Crippen LogP contribution in [0.25, 0.3) is 28.0 Å². The van der Waals surface area contributed by atoms with E-state index in [4.69, 9.17) is 16.6 Å². The molecule has 0 spiro atoms. The highest BCUT2D eigenvalue weighted by atomic mass is 35.5. The van der Waals surface area contributed by atoms with Crippen molar-refractivity contribution in [3.8, 4) is 22.7 Å². The van der Waals surface area contributed by atoms with Crippen LogP contribution in [0.5, 0.6) is 5.75 Å². The molecule has 1 atom stereocenters. The standard InChI is InChI=1S/C30H29ClFN7O3/c1-5-20(41)37-11-12-38-17(14-37)13-34-25-22-28(38)36-30(42)39(27-16(4)9-10-33-24(27)15(2)3)29(22)35-26(23(25)31)21-18(32)7-6-8-19(21)40/h5-10,15,17,34,40H,1,11-14H2,2-4H3. The molecule has 0 bridgehead atoms. The zero-order chi connectivity index (χ0) is 29.9. The molecule has 1 fully saturated rings. The van der Waals surface area contributed by atoms with Crippen molar-refractivity contribution < 1.29 is 14.3 Å². The maximum atomic E-state index is 15.2. The summed E-state index contributed by atoms with van der Waals surface area (Å²) in [5.74, 6) is -0.922. The Morgan fingerprint density at radius 2 is 2.05 bits per heavy atom. The number of rotatable bonds is 4. The number of nitrogens with zero attached hydrogens (tertiary/aromatic N) is 6. The molecule has 10 nitrogen and oxygen atoms in total. The quantitative estimate of drug-likeness (QED) is 0.337. The molecule has 1 aromatic carbocycles. The Labute approximate surface area is 246 Å². The fourth-order valence-electron chi connectivity index (χ4n) is 5.84. The topological polar surface area (TPSA) is 116 Å². The molecule has 0 saturated carbocycles. The number of aryl methyl sites for hydroxylation is 1. The van der Waals surface area contributed by atoms with E-state index in [1.807, 2.05) is 25.7 Å². The third kappa shape index (κ3) is 4.27. The second-order valence-corrected chi connectivity index (χ2v) is 11.1. The van der Waals surface area contributed by atoms with Crippen molar-refractivity contribution in [3.63, 3.8) is 0 Å². The molecule has 6 rings (SSSR count). The van der Waals surface area contributed by atoms with Gasteiger partial charge in [-0.3, -0.25) is 9.78 Å². The molecule has 12 heteroatoms. The molecule has 1 saturated heterocycles. The lowest BCUT2D eigenvalue weighted by molar-refractivity contribution is -0.126. The Kier molecular flexibility index (Phi) is 6.84. The Bertz CT molecular complexity index is 1820. The van der Waals surface area contributed by atoms with Gasteiger partial charge < -0.3 is 20.2 Å². The number of benzene rings is 1. The van der Waals surface area contributed by atoms with Crippen LogP contribution in [0.1, 0.15) is 31.0 Å². The molecular formula is C30H29ClFN7O3. The zero-order valence-electron chi connectivity index (χ0n) is 23.4. The van der Waals surface area contributed by atoms with Gasteiger partial charge in [0.2, 0.25) is 5.91 Å². The lowest BCUT2D eigenvalue weighted by atomic mass is 10.0. The number of nitrogens with one attached hydrogen (secondary N) is 1. The molecule has 0 aliphatic carbocycles. The molecule has 1 unspecified atom stereocenters. The van der Waals surface area contributed by atoms with Crippen molar-refractivity contribution in [3.05, 3.63) is 75.7 Å². The molecule has 2 aliphatic rings. The van der Waals surface area contributed by atoms with Crippen LogP contribution in [0.3, 0.4) is 0 Å². The number of hydrogen-bond acceptors (Lipinski definition) is 8. The monoisotopic (exact) mass is 589 g/mol. The normalized spacial score (nSPS) is 16.3. The first kappa shape index (κ1) is 27.6. The van der Waals surface area contributed by atoms with Crippen molar-refractivity contribution in [1.82, 2.24) is 24.4 Å². The second-order valence-electron chi connectivity index (χ2n) is 10.8. The van der Waals surface area contributed by atoms with Crippen LogP contribution in [0.2, 0.25) is 5.02 Å². The molecule has 216 valence electrons. The average Bonchev–Trinajstić information content (AvgIpc) is 3.12. The number of phenols is 1. The number of carbonyl (C=O) groups excluding carboxylic acids is 1. The van der Waals surface area contributed by atoms with Gasteiger partial charge in [0.05, 0.1) is 39.1 Å². The van der Waals surface area contributed by atoms with E-state index in [0.717, 1.165) is 5.56 Å². The van der Waals surface area contributed by atoms with E-state index < -0.39 is 11.5 Å². The number of aromatic hydroxyl groups is 1. The Hall–Kier alpha value is -4.51. The third-order valence-corrected chi connectivity index (χ3v) is 8.22. The molecule has 3 aromatic heterocycles. The summed E-state index contributed by atoms with van der Waals surface area (Å²) in [7, 11) is 0. The highest BCUT2D eigenvalue weighted by Gasteiger charge is 2.36. The summed E-state index contributed by atoms with van der Waals surface area (Å²) in [6.45, 7) is 11.0. The van der Waals surface area contributed by atoms with E-state index in [9.17, 15) is 14.7 Å². The zero-order valence-corrected chi connectivity index (χ0v) is 24.1. The summed E-state index contributed by atoms with van der Waals surface area (Å²) in [6, 6.07) is 5.49. The number of pyridine rings is 2. The van der Waals surface area contributed by atoms with E-state index in [-0.39, 0.29) is 45.5 Å². The van der Waals surface area contributed by atoms with Crippen LogP contribution in [-0.2, 0) is 4.79 Å². The summed E-state index contributed by atoms with van der Waals surface area (Å²) in [5.41, 5.74) is 1.77. The SMILES string of the molecule is C=CC(=O)N1CCN2c3nc(=O)n(-c4c(C)ccnc4C(C)C)c4nc(-c5c(O)cccc5F)c(Cl)c(c34)NCC2C1. The van der Waals surface area contributed by atoms with Crippen molar-refractivity contribution >= 4 is 40.0 Å². The number of carbonyl (C=O) groups is 1. The fourth-order valence-corrected chi connectivity index (χ4v) is 6.14. The van der Waals surface area contributed by atoms with E-state index in [1.54, 1.807) is 17.2 Å². The number of phenolic OH excluding ortho intramolecular Hbond substituents is 1. The van der Waals surface area contributed by atoms with E-state index in [2.05, 4.69) is 21.9 Å². The molecule has 4 aromatic rings. The van der Waals surface area contributed by atoms with E-state index in [1.165, 1.54) is 28.8 Å². The fraction of sp³-hybridized carbons (Fsp3) is 0.300. The van der Waals surface area contributed by atoms with Crippen LogP contribution >= 0.6 is 11.6 Å². The first-order chi connectivity index (χ1) is 20.1. The third-order valence-electron chi connectivity index (χ3n) is 7.86. The van der Waals surface area contributed by atoms with Gasteiger partial charge in [0.15, 0.2) is 5.65 Å². The van der Waals surface area contributed by atoms with Crippen molar-refractivity contribution in [2.75, 3.05) is 36.4 Å². The van der Waals surface area contributed by atoms with Gasteiger partial charge in [-0.05, 0) is 42.7 Å². The van der Waals surface area contributed by atoms with Gasteiger partial charge in [-0.25, -0.2) is 18.7 Å². The van der Waals surface area contributed by atoms with Crippen LogP contribution < -0.4 is 15.9 Å². The van der Waals surface area contributed by atoms with Gasteiger partial charge in [-0.1, -0.05) is 38.1 Å². The highest BCUT2D eigenvalue weighted by molar-refractivity contribution is 6.37. The second kappa shape index (κ2) is 10.4. The minimum absolute atomic E-state index is 0.0245. The number of hydrogen-bond donors (Lipinski definition) is 2. The van der Waals surface area contributed by atoms with Crippen LogP contribution in [0.15, 0.2) is 47.9 Å². The lowest BCUT2D eigenvalue weighted by Crippen LogP contribution is -2.57. The first-order valence-electron chi connectivity index (χ1n) is 13.6. The molecule has 5 heterocycles. The van der Waals surface area contributed by atoms with Crippen molar-refractivity contribution in [2.45, 2.75) is 32.7 Å². The number of fused-ring (bicyclic) bond motifs is 2. The average molecular weight is 590 g/mol. The molecule has 42 heavy (non-hydrogen) atoms. The summed E-state index contributed by atoms with van der Waals surface area (Å²) in [6.07, 6.45) is 2.97. The number of anilines is 2. The highest BCUT2D eigenvalue weighted by Crippen LogP contribution is 2.45. The Morgan fingerprint density at radius 3 is 2.76 bits per heavy atom. The number of piperazine rings is 1. The predicted molar refractivity (Wildman–Crippen MR) is 160 cm³/mol. The molecule has 0 radical (unpaired) electrons. The predicted octanol–water partition coefficient (Wildman–Crippen LogP) is 4.40. The summed E-state index contributed by atoms with van der Waals surface area (Å²) < 4.78 is 16.6. The van der Waals surface area contributed by atoms with Crippen LogP contribution in [0, 0.1) is 12.7 Å². The summed E-state index contributed by atoms with van der Waals surface area (Å²) in [4.78, 5) is 44.1. The van der Waals surface area contributed by atoms with Gasteiger partial charge in [0, 0.05) is 32.4 Å². The largest absolute Gasteiger partial charge is 0.507 e. The number of halogens is 2. The minimum atomic E-state index is -0.718. The maximum Gasteiger partial charge on any atom is 0.355 e. The molecule has 2 N–H and O–H groups in total. The summed E-state index contributed by atoms with van der Waals surface area (Å²) >= 11 is 6.97. The number of aromatic nitrogens is 4. The van der Waals surface area contributed by atoms with E-state index >= 15 is 4.39 Å². The minimum Gasteiger partial charge on any atom is -0.507 e. The van der Waals surface area contributed by atoms with Crippen LogP contribution in [-0.4, -0.2) is 67.7 Å². The van der Waals surface area contributed by atoms with Crippen molar-refractivity contribution in [1.29, 1.82) is 0 Å². The van der Waals surface area contributed by atoms with Gasteiger partial charge in [0.25, 0.3) is 0 Å². The first-order valence-corrected chi connectivity index (χ1v) is 14.0. The lowest BCUT2D eigenvalue weighted by Gasteiger charge is -2.41. The molecule has 1 amide bonds. The number of amides is 1. The van der Waals surface area contributed by atoms with E-state index in [0.29, 0.717) is 54.5 Å². The van der Waals surface area contributed by atoms with Gasteiger partial charge in [-0.15, -0.1) is 0 Å². The van der Waals surface area contributed by atoms with Gasteiger partial charge in [-0.2, -0.15) is 4.98 Å². The Balaban J connectivity index is 1.71. The van der Waals surface area contributed by atoms with Crippen LogP contribution in [0.4, 0.5) is 15.9 Å². The van der Waals surface area contributed by atoms with Gasteiger partial charge >= 0.3 is 5.69 Å². The maximum absolute atomic E-state index is 15.2. The smallest absolute Gasteiger partial charge is 0.355 e. The molecular weight excluding hydrogens is 561 g/mol. The van der Waals surface area contributed by atoms with Gasteiger partial charge in [0.1, 0.15) is 23.1 Å². The summed E-state index contributed by atoms with van der Waals surface area (Å²) in [5, 5.41) is 14.6. The Morgan fingerprint density at radius 1 is 1.26 bits per heavy atom.